The first kappa shape index (κ1) is 11.0. The van der Waals surface area contributed by atoms with Crippen LogP contribution >= 0.6 is 0 Å². The van der Waals surface area contributed by atoms with Gasteiger partial charge in [-0.2, -0.15) is 0 Å². The van der Waals surface area contributed by atoms with Crippen molar-refractivity contribution in [3.63, 3.8) is 0 Å². The largest absolute Gasteiger partial charge is 0.0843 e. The van der Waals surface area contributed by atoms with Gasteiger partial charge < -0.3 is 0 Å². The van der Waals surface area contributed by atoms with Crippen LogP contribution in [0.5, 0.6) is 0 Å². The van der Waals surface area contributed by atoms with Crippen LogP contribution < -0.4 is 0 Å². The van der Waals surface area contributed by atoms with E-state index < -0.39 is 0 Å². The molecule has 0 heteroatoms. The molecule has 2 bridgehead atoms. The Morgan fingerprint density at radius 2 is 2.13 bits per heavy atom. The van der Waals surface area contributed by atoms with E-state index in [-0.39, 0.29) is 0 Å². The molecule has 1 atom stereocenters. The summed E-state index contributed by atoms with van der Waals surface area (Å²) in [6, 6.07) is 0. The molecule has 0 aromatic rings. The van der Waals surface area contributed by atoms with Crippen molar-refractivity contribution in [3.8, 4) is 0 Å². The molecule has 0 aromatic heterocycles. The number of allylic oxidation sites excluding steroid dienone is 4. The number of hydrogen-bond acceptors (Lipinski definition) is 0. The van der Waals surface area contributed by atoms with Crippen LogP contribution in [0.3, 0.4) is 0 Å². The molecule has 84 valence electrons. The molecule has 2 aliphatic carbocycles. The molecule has 0 heterocycles. The van der Waals surface area contributed by atoms with Crippen LogP contribution in [0.4, 0.5) is 0 Å². The second-order valence-electron chi connectivity index (χ2n) is 5.19. The van der Waals surface area contributed by atoms with Gasteiger partial charge in [0, 0.05) is 0 Å². The van der Waals surface area contributed by atoms with Crippen LogP contribution in [-0.4, -0.2) is 0 Å². The fourth-order valence-corrected chi connectivity index (χ4v) is 2.95. The maximum absolute atomic E-state index is 2.43. The smallest absolute Gasteiger partial charge is 0.0248 e. The van der Waals surface area contributed by atoms with Gasteiger partial charge in [-0.25, -0.2) is 0 Å². The summed E-state index contributed by atoms with van der Waals surface area (Å²) in [7, 11) is 0. The Bertz CT molecular complexity index is 257. The van der Waals surface area contributed by atoms with Crippen molar-refractivity contribution in [3.05, 3.63) is 23.3 Å². The van der Waals surface area contributed by atoms with Crippen molar-refractivity contribution < 1.29 is 0 Å². The lowest BCUT2D eigenvalue weighted by Crippen LogP contribution is -1.91. The van der Waals surface area contributed by atoms with E-state index in [9.17, 15) is 0 Å². The zero-order valence-corrected chi connectivity index (χ0v) is 10.1. The van der Waals surface area contributed by atoms with E-state index in [1.165, 1.54) is 57.8 Å². The van der Waals surface area contributed by atoms with E-state index >= 15 is 0 Å². The number of fused-ring (bicyclic) bond motifs is 2. The molecule has 2 rings (SSSR count). The fourth-order valence-electron chi connectivity index (χ4n) is 2.95. The topological polar surface area (TPSA) is 0 Å². The number of rotatable bonds is 6. The van der Waals surface area contributed by atoms with Crippen molar-refractivity contribution in [1.82, 2.24) is 0 Å². The van der Waals surface area contributed by atoms with E-state index in [1.807, 2.05) is 0 Å². The van der Waals surface area contributed by atoms with Gasteiger partial charge in [0.25, 0.3) is 0 Å². The lowest BCUT2D eigenvalue weighted by Gasteiger charge is -2.07. The van der Waals surface area contributed by atoms with E-state index in [0.717, 1.165) is 5.92 Å². The van der Waals surface area contributed by atoms with E-state index in [4.69, 9.17) is 0 Å². The maximum atomic E-state index is 2.43. The predicted octanol–water partition coefficient (Wildman–Crippen LogP) is 5.01. The van der Waals surface area contributed by atoms with Gasteiger partial charge in [-0.15, -0.1) is 0 Å². The van der Waals surface area contributed by atoms with E-state index in [1.54, 1.807) is 11.1 Å². The Kier molecular flexibility index (Phi) is 4.05. The minimum absolute atomic E-state index is 1.03. The summed E-state index contributed by atoms with van der Waals surface area (Å²) in [6.07, 6.45) is 17.4. The Morgan fingerprint density at radius 1 is 1.20 bits per heavy atom. The minimum Gasteiger partial charge on any atom is -0.0843 e. The quantitative estimate of drug-likeness (QED) is 0.533. The molecule has 1 saturated carbocycles. The summed E-state index contributed by atoms with van der Waals surface area (Å²) < 4.78 is 0. The second-order valence-corrected chi connectivity index (χ2v) is 5.19. The Labute approximate surface area is 94.5 Å². The van der Waals surface area contributed by atoms with Gasteiger partial charge in [0.15, 0.2) is 0 Å². The third-order valence-corrected chi connectivity index (χ3v) is 3.90. The highest BCUT2D eigenvalue weighted by molar-refractivity contribution is 5.33. The third kappa shape index (κ3) is 2.96. The molecule has 0 radical (unpaired) electrons. The van der Waals surface area contributed by atoms with Crippen LogP contribution in [0.25, 0.3) is 0 Å². The number of hydrogen-bond donors (Lipinski definition) is 0. The highest BCUT2D eigenvalue weighted by atomic mass is 14.3. The lowest BCUT2D eigenvalue weighted by molar-refractivity contribution is 0.567. The predicted molar refractivity (Wildman–Crippen MR) is 66.9 cm³/mol. The molecular weight excluding hydrogens is 180 g/mol. The van der Waals surface area contributed by atoms with Gasteiger partial charge in [-0.05, 0) is 50.0 Å². The number of unbranched alkanes of at least 4 members (excludes halogenated alkanes) is 4. The van der Waals surface area contributed by atoms with Crippen LogP contribution in [0, 0.1) is 5.92 Å². The molecule has 0 aliphatic heterocycles. The Morgan fingerprint density at radius 3 is 2.80 bits per heavy atom. The highest BCUT2D eigenvalue weighted by Crippen LogP contribution is 2.44. The third-order valence-electron chi connectivity index (χ3n) is 3.90. The molecule has 0 spiro atoms. The molecule has 1 fully saturated rings. The Balaban J connectivity index is 1.66. The van der Waals surface area contributed by atoms with Gasteiger partial charge >= 0.3 is 0 Å². The van der Waals surface area contributed by atoms with Crippen LogP contribution in [0.1, 0.15) is 64.7 Å². The average Bonchev–Trinajstić information content (AvgIpc) is 2.85. The first-order valence-corrected chi connectivity index (χ1v) is 6.77. The molecule has 15 heavy (non-hydrogen) atoms. The molecule has 0 aromatic carbocycles. The molecule has 0 N–H and O–H groups in total. The van der Waals surface area contributed by atoms with Crippen molar-refractivity contribution in [2.24, 2.45) is 5.92 Å². The van der Waals surface area contributed by atoms with Crippen LogP contribution in [-0.2, 0) is 0 Å². The molecule has 2 aliphatic rings. The zero-order chi connectivity index (χ0) is 10.5. The van der Waals surface area contributed by atoms with E-state index in [2.05, 4.69) is 19.1 Å². The van der Waals surface area contributed by atoms with Crippen molar-refractivity contribution in [2.45, 2.75) is 64.7 Å². The summed E-state index contributed by atoms with van der Waals surface area (Å²) in [4.78, 5) is 0. The molecule has 0 amide bonds. The van der Waals surface area contributed by atoms with Gasteiger partial charge in [-0.1, -0.05) is 43.9 Å². The molecule has 1 unspecified atom stereocenters. The molecule has 0 nitrogen and oxygen atoms in total. The lowest BCUT2D eigenvalue weighted by atomic mass is 9.98. The Hall–Kier alpha value is -0.520. The van der Waals surface area contributed by atoms with Crippen LogP contribution in [0.2, 0.25) is 0 Å². The van der Waals surface area contributed by atoms with Gasteiger partial charge in [0.05, 0.1) is 0 Å². The summed E-state index contributed by atoms with van der Waals surface area (Å²) in [5.41, 5.74) is 3.48. The SMILES string of the molecule is CCCCCC/C=C/C1=C2CCC(C1)C2. The molecule has 0 saturated heterocycles. The van der Waals surface area contributed by atoms with Crippen LogP contribution in [0.15, 0.2) is 23.3 Å². The first-order chi connectivity index (χ1) is 7.40. The normalized spacial score (nSPS) is 24.7. The van der Waals surface area contributed by atoms with Crippen molar-refractivity contribution >= 4 is 0 Å². The van der Waals surface area contributed by atoms with Gasteiger partial charge in [-0.3, -0.25) is 0 Å². The minimum atomic E-state index is 1.03. The van der Waals surface area contributed by atoms with Gasteiger partial charge in [0.2, 0.25) is 0 Å². The zero-order valence-electron chi connectivity index (χ0n) is 10.1. The standard InChI is InChI=1S/C15H24/c1-2-3-4-5-6-7-8-14-11-13-9-10-15(14)12-13/h7-8,13H,2-6,9-12H2,1H3/b8-7+. The average molecular weight is 204 g/mol. The van der Waals surface area contributed by atoms with Crippen molar-refractivity contribution in [2.75, 3.05) is 0 Å². The maximum Gasteiger partial charge on any atom is -0.0248 e. The summed E-state index contributed by atoms with van der Waals surface area (Å²) in [5, 5.41) is 0. The first-order valence-electron chi connectivity index (χ1n) is 6.77. The molecular formula is C15H24. The van der Waals surface area contributed by atoms with E-state index in [0.29, 0.717) is 0 Å². The second kappa shape index (κ2) is 5.53. The summed E-state index contributed by atoms with van der Waals surface area (Å²) in [5.74, 6) is 1.03. The summed E-state index contributed by atoms with van der Waals surface area (Å²) >= 11 is 0. The monoisotopic (exact) mass is 204 g/mol. The summed E-state index contributed by atoms with van der Waals surface area (Å²) in [6.45, 7) is 2.28. The van der Waals surface area contributed by atoms with Crippen molar-refractivity contribution in [1.29, 1.82) is 0 Å². The highest BCUT2D eigenvalue weighted by Gasteiger charge is 2.28. The fraction of sp³-hybridized carbons (Fsp3) is 0.733. The van der Waals surface area contributed by atoms with Gasteiger partial charge in [0.1, 0.15) is 0 Å².